The molecule has 0 bridgehead atoms. The molecule has 0 unspecified atom stereocenters. The molecule has 0 saturated carbocycles. The van der Waals surface area contributed by atoms with Gasteiger partial charge in [0.25, 0.3) is 5.56 Å². The van der Waals surface area contributed by atoms with Crippen LogP contribution in [0.3, 0.4) is 0 Å². The molecule has 0 atom stereocenters. The van der Waals surface area contributed by atoms with Gasteiger partial charge in [0.05, 0.1) is 19.3 Å². The third-order valence-corrected chi connectivity index (χ3v) is 3.95. The first kappa shape index (κ1) is 18.4. The summed E-state index contributed by atoms with van der Waals surface area (Å²) in [6.45, 7) is 5.44. The number of carbonyl (C=O) groups excluding carboxylic acids is 2. The van der Waals surface area contributed by atoms with E-state index >= 15 is 0 Å². The number of carbonyl (C=O) groups is 2. The van der Waals surface area contributed by atoms with Gasteiger partial charge in [-0.15, -0.1) is 0 Å². The van der Waals surface area contributed by atoms with E-state index in [9.17, 15) is 14.4 Å². The zero-order valence-electron chi connectivity index (χ0n) is 14.8. The summed E-state index contributed by atoms with van der Waals surface area (Å²) in [6, 6.07) is 8.59. The number of ether oxygens (including phenoxy) is 2. The lowest BCUT2D eigenvalue weighted by molar-refractivity contribution is 0.0523. The number of aryl methyl sites for hydroxylation is 1. The number of hydrogen-bond acceptors (Lipinski definition) is 5. The Hall–Kier alpha value is -2.89. The Kier molecular flexibility index (Phi) is 5.75. The smallest absolute Gasteiger partial charge is 0.343 e. The van der Waals surface area contributed by atoms with Crippen molar-refractivity contribution in [1.82, 2.24) is 4.57 Å². The summed E-state index contributed by atoms with van der Waals surface area (Å²) in [6.07, 6.45) is 0.866. The van der Waals surface area contributed by atoms with Gasteiger partial charge in [-0.25, -0.2) is 9.59 Å². The van der Waals surface area contributed by atoms with Crippen LogP contribution in [0.2, 0.25) is 0 Å². The van der Waals surface area contributed by atoms with Gasteiger partial charge in [-0.1, -0.05) is 19.1 Å². The largest absolute Gasteiger partial charge is 0.465 e. The third kappa shape index (κ3) is 3.63. The second-order valence-corrected chi connectivity index (χ2v) is 5.43. The van der Waals surface area contributed by atoms with E-state index in [1.165, 1.54) is 17.7 Å². The van der Waals surface area contributed by atoms with E-state index < -0.39 is 17.5 Å². The van der Waals surface area contributed by atoms with Gasteiger partial charge in [-0.2, -0.15) is 0 Å². The Morgan fingerprint density at radius 2 is 1.68 bits per heavy atom. The molecule has 0 amide bonds. The normalized spacial score (nSPS) is 10.4. The number of methoxy groups -OCH3 is 1. The van der Waals surface area contributed by atoms with Crippen LogP contribution < -0.4 is 5.56 Å². The molecule has 132 valence electrons. The summed E-state index contributed by atoms with van der Waals surface area (Å²) in [4.78, 5) is 37.0. The first-order valence-corrected chi connectivity index (χ1v) is 8.05. The molecule has 2 rings (SSSR count). The fraction of sp³-hybridized carbons (Fsp3) is 0.316. The molecular formula is C19H21NO5. The number of aromatic nitrogens is 1. The zero-order chi connectivity index (χ0) is 18.6. The van der Waals surface area contributed by atoms with Crippen LogP contribution in [0.4, 0.5) is 0 Å². The highest BCUT2D eigenvalue weighted by Crippen LogP contribution is 2.16. The van der Waals surface area contributed by atoms with Crippen LogP contribution in [-0.4, -0.2) is 30.2 Å². The topological polar surface area (TPSA) is 74.6 Å². The molecule has 6 nitrogen and oxygen atoms in total. The molecule has 6 heteroatoms. The van der Waals surface area contributed by atoms with E-state index in [0.29, 0.717) is 11.4 Å². The van der Waals surface area contributed by atoms with Crippen LogP contribution in [0.25, 0.3) is 5.69 Å². The minimum absolute atomic E-state index is 0.130. The average molecular weight is 343 g/mol. The molecule has 0 aliphatic carbocycles. The first-order chi connectivity index (χ1) is 11.9. The number of rotatable bonds is 5. The summed E-state index contributed by atoms with van der Waals surface area (Å²) in [7, 11) is 1.25. The highest BCUT2D eigenvalue weighted by Gasteiger charge is 2.22. The molecule has 25 heavy (non-hydrogen) atoms. The van der Waals surface area contributed by atoms with Crippen LogP contribution in [0.1, 0.15) is 45.8 Å². The van der Waals surface area contributed by atoms with Gasteiger partial charge in [0.1, 0.15) is 5.56 Å². The quantitative estimate of drug-likeness (QED) is 0.780. The minimum Gasteiger partial charge on any atom is -0.465 e. The van der Waals surface area contributed by atoms with E-state index in [2.05, 4.69) is 0 Å². The Morgan fingerprint density at radius 1 is 1.04 bits per heavy atom. The van der Waals surface area contributed by atoms with Gasteiger partial charge in [0.15, 0.2) is 0 Å². The van der Waals surface area contributed by atoms with Crippen molar-refractivity contribution in [2.24, 2.45) is 0 Å². The molecule has 2 aromatic rings. The van der Waals surface area contributed by atoms with Crippen LogP contribution in [0, 0.1) is 6.92 Å². The van der Waals surface area contributed by atoms with Gasteiger partial charge >= 0.3 is 11.9 Å². The SMILES string of the molecule is CCOC(=O)c1cc(C(=O)OC)c(C)n(-c2ccc(CC)cc2)c1=O. The second kappa shape index (κ2) is 7.79. The van der Waals surface area contributed by atoms with Gasteiger partial charge < -0.3 is 9.47 Å². The van der Waals surface area contributed by atoms with Gasteiger partial charge in [0, 0.05) is 11.4 Å². The molecule has 0 saturated heterocycles. The van der Waals surface area contributed by atoms with Crippen LogP contribution in [0.15, 0.2) is 35.1 Å². The van der Waals surface area contributed by atoms with E-state index in [1.54, 1.807) is 26.0 Å². The predicted octanol–water partition coefficient (Wildman–Crippen LogP) is 2.67. The maximum Gasteiger partial charge on any atom is 0.343 e. The summed E-state index contributed by atoms with van der Waals surface area (Å²) in [5.74, 6) is -1.39. The fourth-order valence-electron chi connectivity index (χ4n) is 2.57. The van der Waals surface area contributed by atoms with Crippen molar-refractivity contribution in [2.75, 3.05) is 13.7 Å². The number of esters is 2. The Morgan fingerprint density at radius 3 is 2.20 bits per heavy atom. The van der Waals surface area contributed by atoms with Crippen LogP contribution in [0.5, 0.6) is 0 Å². The standard InChI is InChI=1S/C19H21NO5/c1-5-13-7-9-14(10-8-13)20-12(3)15(18(22)24-4)11-16(17(20)21)19(23)25-6-2/h7-11H,5-6H2,1-4H3. The van der Waals surface area contributed by atoms with Crippen molar-refractivity contribution < 1.29 is 19.1 Å². The average Bonchev–Trinajstić information content (AvgIpc) is 2.62. The first-order valence-electron chi connectivity index (χ1n) is 8.05. The lowest BCUT2D eigenvalue weighted by Gasteiger charge is -2.15. The Labute approximate surface area is 146 Å². The third-order valence-electron chi connectivity index (χ3n) is 3.95. The molecule has 1 aromatic heterocycles. The monoisotopic (exact) mass is 343 g/mol. The Bertz CT molecular complexity index is 849. The number of hydrogen-bond donors (Lipinski definition) is 0. The molecule has 0 N–H and O–H groups in total. The highest BCUT2D eigenvalue weighted by molar-refractivity contribution is 5.95. The summed E-state index contributed by atoms with van der Waals surface area (Å²) in [5, 5.41) is 0. The minimum atomic E-state index is -0.767. The van der Waals surface area contributed by atoms with Gasteiger partial charge in [-0.05, 0) is 44.0 Å². The number of benzene rings is 1. The van der Waals surface area contributed by atoms with E-state index in [4.69, 9.17) is 9.47 Å². The van der Waals surface area contributed by atoms with Crippen LogP contribution >= 0.6 is 0 Å². The molecule has 0 spiro atoms. The number of nitrogens with zero attached hydrogens (tertiary/aromatic N) is 1. The summed E-state index contributed by atoms with van der Waals surface area (Å²) < 4.78 is 11.0. The molecule has 0 radical (unpaired) electrons. The molecule has 1 heterocycles. The van der Waals surface area contributed by atoms with Crippen molar-refractivity contribution in [1.29, 1.82) is 0 Å². The lowest BCUT2D eigenvalue weighted by atomic mass is 10.1. The van der Waals surface area contributed by atoms with Gasteiger partial charge in [-0.3, -0.25) is 9.36 Å². The van der Waals surface area contributed by atoms with Crippen molar-refractivity contribution in [2.45, 2.75) is 27.2 Å². The lowest BCUT2D eigenvalue weighted by Crippen LogP contribution is -2.30. The maximum absolute atomic E-state index is 12.8. The summed E-state index contributed by atoms with van der Waals surface area (Å²) in [5.41, 5.74) is 1.49. The second-order valence-electron chi connectivity index (χ2n) is 5.43. The summed E-state index contributed by atoms with van der Waals surface area (Å²) >= 11 is 0. The molecule has 0 aliphatic heterocycles. The highest BCUT2D eigenvalue weighted by atomic mass is 16.5. The predicted molar refractivity (Wildman–Crippen MR) is 93.5 cm³/mol. The zero-order valence-corrected chi connectivity index (χ0v) is 14.8. The van der Waals surface area contributed by atoms with Crippen molar-refractivity contribution in [3.8, 4) is 5.69 Å². The maximum atomic E-state index is 12.8. The van der Waals surface area contributed by atoms with E-state index in [1.807, 2.05) is 19.1 Å². The molecule has 0 aliphatic rings. The van der Waals surface area contributed by atoms with Gasteiger partial charge in [0.2, 0.25) is 0 Å². The molecule has 0 fully saturated rings. The van der Waals surface area contributed by atoms with E-state index in [0.717, 1.165) is 12.0 Å². The van der Waals surface area contributed by atoms with Crippen molar-refractivity contribution >= 4 is 11.9 Å². The fourth-order valence-corrected chi connectivity index (χ4v) is 2.57. The molecule has 1 aromatic carbocycles. The molecular weight excluding hydrogens is 322 g/mol. The Balaban J connectivity index is 2.75. The van der Waals surface area contributed by atoms with E-state index in [-0.39, 0.29) is 17.7 Å². The number of pyridine rings is 1. The van der Waals surface area contributed by atoms with Crippen molar-refractivity contribution in [3.63, 3.8) is 0 Å². The van der Waals surface area contributed by atoms with Crippen molar-refractivity contribution in [3.05, 3.63) is 63.1 Å². The van der Waals surface area contributed by atoms with Crippen LogP contribution in [-0.2, 0) is 15.9 Å².